The third-order valence-electron chi connectivity index (χ3n) is 1.68. The van der Waals surface area contributed by atoms with Crippen molar-refractivity contribution in [3.8, 4) is 6.07 Å². The Hall–Kier alpha value is -1.76. The highest BCUT2D eigenvalue weighted by Crippen LogP contribution is 2.07. The summed E-state index contributed by atoms with van der Waals surface area (Å²) in [6, 6.07) is 5.57. The van der Waals surface area contributed by atoms with E-state index in [9.17, 15) is 4.79 Å². The van der Waals surface area contributed by atoms with Gasteiger partial charge in [0, 0.05) is 13.2 Å². The lowest BCUT2D eigenvalue weighted by molar-refractivity contribution is -0.116. The van der Waals surface area contributed by atoms with Gasteiger partial charge in [0.2, 0.25) is 0 Å². The topological polar surface area (TPSA) is 59.9 Å². The predicted molar refractivity (Wildman–Crippen MR) is 49.3 cm³/mol. The quantitative estimate of drug-likeness (QED) is 0.744. The second-order valence-electron chi connectivity index (χ2n) is 2.78. The molecule has 1 N–H and O–H groups in total. The van der Waals surface area contributed by atoms with E-state index in [0.717, 1.165) is 5.82 Å². The lowest BCUT2D eigenvalue weighted by atomic mass is 10.3. The van der Waals surface area contributed by atoms with Crippen molar-refractivity contribution in [1.82, 2.24) is 4.98 Å². The van der Waals surface area contributed by atoms with Crippen LogP contribution in [0, 0.1) is 11.3 Å². The van der Waals surface area contributed by atoms with E-state index in [1.165, 1.54) is 0 Å². The Morgan fingerprint density at radius 2 is 2.54 bits per heavy atom. The number of likely N-dealkylation sites (N-methyl/N-ethyl adjacent to an activating group) is 1. The number of aromatic nitrogens is 1. The molecule has 0 fully saturated rings. The summed E-state index contributed by atoms with van der Waals surface area (Å²) in [6.07, 6.45) is 1.77. The Morgan fingerprint density at radius 1 is 1.77 bits per heavy atom. The molecule has 0 aliphatic carbocycles. The summed E-state index contributed by atoms with van der Waals surface area (Å²) in [4.78, 5) is 15.8. The SMILES string of the molecule is CN(CC(=O)CC#N)c1ccc[nH]1. The number of aromatic amines is 1. The van der Waals surface area contributed by atoms with Crippen molar-refractivity contribution in [3.63, 3.8) is 0 Å². The number of ketones is 1. The monoisotopic (exact) mass is 177 g/mol. The maximum absolute atomic E-state index is 11.1. The van der Waals surface area contributed by atoms with E-state index in [2.05, 4.69) is 4.98 Å². The fourth-order valence-corrected chi connectivity index (χ4v) is 1.05. The summed E-state index contributed by atoms with van der Waals surface area (Å²) in [5.41, 5.74) is 0. The molecule has 0 bridgehead atoms. The molecule has 0 unspecified atom stereocenters. The van der Waals surface area contributed by atoms with Crippen LogP contribution in [0.3, 0.4) is 0 Å². The van der Waals surface area contributed by atoms with Crippen molar-refractivity contribution in [2.75, 3.05) is 18.5 Å². The molecule has 4 nitrogen and oxygen atoms in total. The van der Waals surface area contributed by atoms with Crippen molar-refractivity contribution < 1.29 is 4.79 Å². The number of hydrogen-bond donors (Lipinski definition) is 1. The molecule has 0 atom stereocenters. The summed E-state index contributed by atoms with van der Waals surface area (Å²) in [5.74, 6) is 0.811. The number of carbonyl (C=O) groups excluding carboxylic acids is 1. The van der Waals surface area contributed by atoms with Gasteiger partial charge in [-0.2, -0.15) is 5.26 Å². The van der Waals surface area contributed by atoms with Crippen molar-refractivity contribution in [2.45, 2.75) is 6.42 Å². The predicted octanol–water partition coefficient (Wildman–Crippen LogP) is 0.934. The average molecular weight is 177 g/mol. The zero-order chi connectivity index (χ0) is 9.68. The van der Waals surface area contributed by atoms with E-state index >= 15 is 0 Å². The maximum Gasteiger partial charge on any atom is 0.166 e. The van der Waals surface area contributed by atoms with Gasteiger partial charge in [0.25, 0.3) is 0 Å². The van der Waals surface area contributed by atoms with E-state index in [-0.39, 0.29) is 18.7 Å². The van der Waals surface area contributed by atoms with E-state index in [1.54, 1.807) is 18.1 Å². The van der Waals surface area contributed by atoms with Gasteiger partial charge in [-0.3, -0.25) is 4.79 Å². The van der Waals surface area contributed by atoms with Gasteiger partial charge in [0.15, 0.2) is 5.78 Å². The largest absolute Gasteiger partial charge is 0.354 e. The lowest BCUT2D eigenvalue weighted by Crippen LogP contribution is -2.25. The molecule has 0 radical (unpaired) electrons. The van der Waals surface area contributed by atoms with E-state index in [4.69, 9.17) is 5.26 Å². The fourth-order valence-electron chi connectivity index (χ4n) is 1.05. The molecule has 1 heterocycles. The van der Waals surface area contributed by atoms with Crippen LogP contribution in [-0.4, -0.2) is 24.4 Å². The maximum atomic E-state index is 11.1. The van der Waals surface area contributed by atoms with Crippen LogP contribution >= 0.6 is 0 Å². The number of nitrogens with one attached hydrogen (secondary N) is 1. The van der Waals surface area contributed by atoms with Crippen molar-refractivity contribution in [3.05, 3.63) is 18.3 Å². The molecule has 0 aliphatic heterocycles. The number of rotatable bonds is 4. The van der Waals surface area contributed by atoms with Crippen molar-refractivity contribution >= 4 is 11.6 Å². The normalized spacial score (nSPS) is 9.23. The zero-order valence-electron chi connectivity index (χ0n) is 7.45. The zero-order valence-corrected chi connectivity index (χ0v) is 7.45. The number of nitriles is 1. The molecule has 0 aliphatic rings. The van der Waals surface area contributed by atoms with Crippen LogP contribution in [0.25, 0.3) is 0 Å². The minimum Gasteiger partial charge on any atom is -0.354 e. The van der Waals surface area contributed by atoms with Gasteiger partial charge in [0.1, 0.15) is 5.82 Å². The molecule has 1 aromatic heterocycles. The number of hydrogen-bond acceptors (Lipinski definition) is 3. The number of carbonyl (C=O) groups is 1. The van der Waals surface area contributed by atoms with Gasteiger partial charge in [-0.05, 0) is 12.1 Å². The number of Topliss-reactive ketones (excluding diaryl/α,β-unsaturated/α-hetero) is 1. The molecule has 68 valence electrons. The van der Waals surface area contributed by atoms with Gasteiger partial charge in [-0.1, -0.05) is 0 Å². The first-order chi connectivity index (χ1) is 6.24. The molecule has 0 spiro atoms. The Morgan fingerprint density at radius 3 is 3.08 bits per heavy atom. The number of nitrogens with zero attached hydrogens (tertiary/aromatic N) is 2. The second-order valence-corrected chi connectivity index (χ2v) is 2.78. The molecular weight excluding hydrogens is 166 g/mol. The molecule has 0 amide bonds. The molecule has 13 heavy (non-hydrogen) atoms. The molecule has 0 saturated carbocycles. The van der Waals surface area contributed by atoms with Crippen LogP contribution in [-0.2, 0) is 4.79 Å². The Labute approximate surface area is 76.8 Å². The minimum absolute atomic E-state index is 0.0228. The van der Waals surface area contributed by atoms with Gasteiger partial charge in [0.05, 0.1) is 19.0 Å². The first-order valence-electron chi connectivity index (χ1n) is 3.97. The molecule has 1 aromatic rings. The van der Waals surface area contributed by atoms with E-state index in [1.807, 2.05) is 18.2 Å². The van der Waals surface area contributed by atoms with Crippen LogP contribution in [0.1, 0.15) is 6.42 Å². The smallest absolute Gasteiger partial charge is 0.166 e. The standard InChI is InChI=1S/C9H11N3O/c1-12(7-8(13)4-5-10)9-3-2-6-11-9/h2-3,6,11H,4,7H2,1H3. The van der Waals surface area contributed by atoms with Gasteiger partial charge in [-0.15, -0.1) is 0 Å². The first kappa shape index (κ1) is 9.33. The van der Waals surface area contributed by atoms with Crippen molar-refractivity contribution in [2.24, 2.45) is 0 Å². The Kier molecular flexibility index (Phi) is 3.09. The minimum atomic E-state index is -0.0698. The fraction of sp³-hybridized carbons (Fsp3) is 0.333. The Bertz CT molecular complexity index is 310. The van der Waals surface area contributed by atoms with Crippen LogP contribution in [0.5, 0.6) is 0 Å². The van der Waals surface area contributed by atoms with Crippen LogP contribution in [0.2, 0.25) is 0 Å². The van der Waals surface area contributed by atoms with E-state index < -0.39 is 0 Å². The van der Waals surface area contributed by atoms with Crippen molar-refractivity contribution in [1.29, 1.82) is 5.26 Å². The summed E-state index contributed by atoms with van der Waals surface area (Å²) in [5, 5.41) is 8.28. The third kappa shape index (κ3) is 2.64. The lowest BCUT2D eigenvalue weighted by Gasteiger charge is -2.14. The van der Waals surface area contributed by atoms with Gasteiger partial charge in [-0.25, -0.2) is 0 Å². The van der Waals surface area contributed by atoms with Gasteiger partial charge >= 0.3 is 0 Å². The highest BCUT2D eigenvalue weighted by Gasteiger charge is 2.06. The molecule has 1 rings (SSSR count). The molecule has 4 heteroatoms. The second kappa shape index (κ2) is 4.31. The van der Waals surface area contributed by atoms with Crippen LogP contribution in [0.15, 0.2) is 18.3 Å². The summed E-state index contributed by atoms with van der Waals surface area (Å²) >= 11 is 0. The highest BCUT2D eigenvalue weighted by atomic mass is 16.1. The summed E-state index contributed by atoms with van der Waals surface area (Å²) in [7, 11) is 1.81. The molecule has 0 aromatic carbocycles. The average Bonchev–Trinajstić information content (AvgIpc) is 2.55. The van der Waals surface area contributed by atoms with Crippen LogP contribution in [0.4, 0.5) is 5.82 Å². The third-order valence-corrected chi connectivity index (χ3v) is 1.68. The van der Waals surface area contributed by atoms with Crippen LogP contribution < -0.4 is 4.90 Å². The molecule has 0 saturated heterocycles. The highest BCUT2D eigenvalue weighted by molar-refractivity contribution is 5.84. The first-order valence-corrected chi connectivity index (χ1v) is 3.97. The summed E-state index contributed by atoms with van der Waals surface area (Å²) in [6.45, 7) is 0.272. The number of H-pyrrole nitrogens is 1. The number of anilines is 1. The van der Waals surface area contributed by atoms with Gasteiger partial charge < -0.3 is 9.88 Å². The molecular formula is C9H11N3O. The van der Waals surface area contributed by atoms with E-state index in [0.29, 0.717) is 0 Å². The summed E-state index contributed by atoms with van der Waals surface area (Å²) < 4.78 is 0. The Balaban J connectivity index is 2.47.